The largest absolute Gasteiger partial charge is 0.444 e. The van der Waals surface area contributed by atoms with Crippen LogP contribution in [0.5, 0.6) is 0 Å². The van der Waals surface area contributed by atoms with E-state index >= 15 is 0 Å². The van der Waals surface area contributed by atoms with Gasteiger partial charge in [-0.2, -0.15) is 0 Å². The number of nitrogens with zero attached hydrogens (tertiary/aromatic N) is 1. The van der Waals surface area contributed by atoms with E-state index in [0.717, 1.165) is 17.4 Å². The second kappa shape index (κ2) is 7.58. The number of rotatable bonds is 4. The molecule has 2 aromatic rings. The van der Waals surface area contributed by atoms with Crippen molar-refractivity contribution in [1.29, 1.82) is 0 Å². The first-order valence-electron chi connectivity index (χ1n) is 7.34. The smallest absolute Gasteiger partial charge is 0.413 e. The van der Waals surface area contributed by atoms with Gasteiger partial charge in [-0.25, -0.2) is 14.2 Å². The number of aliphatic hydroxyl groups is 1. The van der Waals surface area contributed by atoms with Crippen LogP contribution in [0, 0.1) is 5.82 Å². The molecule has 0 saturated heterocycles. The molecule has 1 heterocycles. The highest BCUT2D eigenvalue weighted by Crippen LogP contribution is 2.26. The zero-order chi connectivity index (χ0) is 18.6. The summed E-state index contributed by atoms with van der Waals surface area (Å²) in [6, 6.07) is 5.30. The number of amides is 2. The molecule has 3 N–H and O–H groups in total. The normalized spacial score (nSPS) is 12.4. The number of benzene rings is 1. The van der Waals surface area contributed by atoms with E-state index < -0.39 is 29.5 Å². The molecule has 1 aromatic heterocycles. The van der Waals surface area contributed by atoms with Crippen molar-refractivity contribution < 1.29 is 23.8 Å². The minimum absolute atomic E-state index is 0.182. The van der Waals surface area contributed by atoms with E-state index in [2.05, 4.69) is 15.6 Å². The molecule has 7 nitrogen and oxygen atoms in total. The zero-order valence-electron chi connectivity index (χ0n) is 13.9. The van der Waals surface area contributed by atoms with Crippen LogP contribution in [0.3, 0.4) is 0 Å². The predicted octanol–water partition coefficient (Wildman–Crippen LogP) is 3.30. The Morgan fingerprint density at radius 2 is 2.04 bits per heavy atom. The second-order valence-electron chi connectivity index (χ2n) is 6.10. The van der Waals surface area contributed by atoms with Gasteiger partial charge in [0.1, 0.15) is 11.4 Å². The van der Waals surface area contributed by atoms with Gasteiger partial charge in [-0.15, -0.1) is 0 Å². The lowest BCUT2D eigenvalue weighted by atomic mass is 10.2. The summed E-state index contributed by atoms with van der Waals surface area (Å²) in [6.45, 7) is 5.17. The van der Waals surface area contributed by atoms with E-state index in [1.165, 1.54) is 24.4 Å². The van der Waals surface area contributed by atoms with Crippen molar-refractivity contribution in [3.8, 4) is 0 Å². The Morgan fingerprint density at radius 3 is 2.68 bits per heavy atom. The van der Waals surface area contributed by atoms with Crippen LogP contribution < -0.4 is 10.6 Å². The number of ether oxygens (including phenoxy) is 1. The van der Waals surface area contributed by atoms with Gasteiger partial charge in [0, 0.05) is 11.9 Å². The van der Waals surface area contributed by atoms with Crippen molar-refractivity contribution in [2.75, 3.05) is 10.6 Å². The van der Waals surface area contributed by atoms with Crippen LogP contribution in [0.4, 0.5) is 20.0 Å². The first-order valence-corrected chi connectivity index (χ1v) is 8.16. The summed E-state index contributed by atoms with van der Waals surface area (Å²) in [5.74, 6) is -1.24. The minimum Gasteiger partial charge on any atom is -0.444 e. The number of carbonyl (C=O) groups excluding carboxylic acids is 2. The quantitative estimate of drug-likeness (QED) is 0.770. The maximum atomic E-state index is 13.1. The lowest BCUT2D eigenvalue weighted by Gasteiger charge is -2.18. The molecular weight excluding hydrogens is 349 g/mol. The summed E-state index contributed by atoms with van der Waals surface area (Å²) in [7, 11) is 0. The van der Waals surface area contributed by atoms with Crippen molar-refractivity contribution in [3.05, 3.63) is 41.2 Å². The van der Waals surface area contributed by atoms with Crippen LogP contribution in [0.1, 0.15) is 31.8 Å². The Labute approximate surface area is 147 Å². The number of carbonyl (C=O) groups is 2. The second-order valence-corrected chi connectivity index (χ2v) is 7.16. The Morgan fingerprint density at radius 1 is 1.32 bits per heavy atom. The summed E-state index contributed by atoms with van der Waals surface area (Å²) in [5.41, 5.74) is -0.435. The number of aromatic nitrogens is 1. The molecule has 0 aliphatic rings. The molecule has 134 valence electrons. The monoisotopic (exact) mass is 367 g/mol. The number of halogens is 1. The Hall–Kier alpha value is -2.52. The van der Waals surface area contributed by atoms with E-state index in [4.69, 9.17) is 4.74 Å². The molecular formula is C16H18FN3O4S. The van der Waals surface area contributed by atoms with Crippen LogP contribution in [-0.4, -0.2) is 27.7 Å². The van der Waals surface area contributed by atoms with E-state index in [1.807, 2.05) is 0 Å². The SMILES string of the molecule is CC(C)(C)OC(=O)Nc1ncc(C(O)C(=O)Nc2cccc(F)c2)s1. The van der Waals surface area contributed by atoms with Gasteiger partial charge in [-0.05, 0) is 39.0 Å². The van der Waals surface area contributed by atoms with Crippen molar-refractivity contribution in [2.45, 2.75) is 32.5 Å². The number of anilines is 2. The number of thiazole rings is 1. The standard InChI is InChI=1S/C16H18FN3O4S/c1-16(2,3)24-15(23)20-14-18-8-11(25-14)12(21)13(22)19-10-6-4-5-9(17)7-10/h4-8,12,21H,1-3H3,(H,19,22)(H,18,20,23). The highest BCUT2D eigenvalue weighted by atomic mass is 32.1. The molecule has 0 aliphatic carbocycles. The molecule has 1 unspecified atom stereocenters. The number of hydrogen-bond acceptors (Lipinski definition) is 6. The fraction of sp³-hybridized carbons (Fsp3) is 0.312. The number of hydrogen-bond donors (Lipinski definition) is 3. The molecule has 1 aromatic carbocycles. The lowest BCUT2D eigenvalue weighted by molar-refractivity contribution is -0.124. The topological polar surface area (TPSA) is 101 Å². The van der Waals surface area contributed by atoms with E-state index in [0.29, 0.717) is 0 Å². The van der Waals surface area contributed by atoms with E-state index in [1.54, 1.807) is 20.8 Å². The first-order chi connectivity index (χ1) is 11.6. The summed E-state index contributed by atoms with van der Waals surface area (Å²) in [5, 5.41) is 15.1. The maximum absolute atomic E-state index is 13.1. The molecule has 9 heteroatoms. The molecule has 25 heavy (non-hydrogen) atoms. The maximum Gasteiger partial charge on any atom is 0.413 e. The lowest BCUT2D eigenvalue weighted by Crippen LogP contribution is -2.27. The van der Waals surface area contributed by atoms with Crippen molar-refractivity contribution in [2.24, 2.45) is 0 Å². The fourth-order valence-electron chi connectivity index (χ4n) is 1.77. The molecule has 2 amide bonds. The molecule has 0 spiro atoms. The molecule has 0 saturated carbocycles. The van der Waals surface area contributed by atoms with Crippen LogP contribution in [0.25, 0.3) is 0 Å². The molecule has 0 radical (unpaired) electrons. The van der Waals surface area contributed by atoms with Crippen molar-refractivity contribution in [3.63, 3.8) is 0 Å². The van der Waals surface area contributed by atoms with Gasteiger partial charge in [0.15, 0.2) is 11.2 Å². The molecule has 2 rings (SSSR count). The Kier molecular flexibility index (Phi) is 5.70. The number of aliphatic hydroxyl groups excluding tert-OH is 1. The average Bonchev–Trinajstić information content (AvgIpc) is 2.92. The van der Waals surface area contributed by atoms with Crippen LogP contribution in [0.2, 0.25) is 0 Å². The van der Waals surface area contributed by atoms with Crippen LogP contribution in [0.15, 0.2) is 30.5 Å². The highest BCUT2D eigenvalue weighted by Gasteiger charge is 2.22. The predicted molar refractivity (Wildman–Crippen MR) is 92.0 cm³/mol. The van der Waals surface area contributed by atoms with E-state index in [-0.39, 0.29) is 15.7 Å². The third kappa shape index (κ3) is 5.80. The Bertz CT molecular complexity index is 773. The van der Waals surface area contributed by atoms with Gasteiger partial charge in [0.25, 0.3) is 5.91 Å². The molecule has 0 fully saturated rings. The molecule has 0 bridgehead atoms. The average molecular weight is 367 g/mol. The fourth-order valence-corrected chi connectivity index (χ4v) is 2.55. The third-order valence-corrected chi connectivity index (χ3v) is 3.71. The van der Waals surface area contributed by atoms with Crippen LogP contribution in [-0.2, 0) is 9.53 Å². The highest BCUT2D eigenvalue weighted by molar-refractivity contribution is 7.15. The summed E-state index contributed by atoms with van der Waals surface area (Å²) >= 11 is 0.929. The summed E-state index contributed by atoms with van der Waals surface area (Å²) in [4.78, 5) is 27.8. The third-order valence-electron chi connectivity index (χ3n) is 2.74. The first kappa shape index (κ1) is 18.8. The van der Waals surface area contributed by atoms with E-state index in [9.17, 15) is 19.1 Å². The molecule has 0 aliphatic heterocycles. The van der Waals surface area contributed by atoms with Gasteiger partial charge in [-0.1, -0.05) is 17.4 Å². The summed E-state index contributed by atoms with van der Waals surface area (Å²) in [6.07, 6.45) is -0.922. The van der Waals surface area contributed by atoms with Crippen molar-refractivity contribution in [1.82, 2.24) is 4.98 Å². The summed E-state index contributed by atoms with van der Waals surface area (Å²) < 4.78 is 18.2. The van der Waals surface area contributed by atoms with Gasteiger partial charge in [-0.3, -0.25) is 10.1 Å². The van der Waals surface area contributed by atoms with Gasteiger partial charge in [0.2, 0.25) is 0 Å². The minimum atomic E-state index is -1.50. The van der Waals surface area contributed by atoms with Crippen LogP contribution >= 0.6 is 11.3 Å². The molecule has 1 atom stereocenters. The Balaban J connectivity index is 1.98. The van der Waals surface area contributed by atoms with Gasteiger partial charge < -0.3 is 15.2 Å². The zero-order valence-corrected chi connectivity index (χ0v) is 14.7. The van der Waals surface area contributed by atoms with Gasteiger partial charge >= 0.3 is 6.09 Å². The van der Waals surface area contributed by atoms with Crippen molar-refractivity contribution >= 4 is 34.2 Å². The van der Waals surface area contributed by atoms with Gasteiger partial charge in [0.05, 0.1) is 4.88 Å². The number of nitrogens with one attached hydrogen (secondary N) is 2.